The van der Waals surface area contributed by atoms with Crippen LogP contribution < -0.4 is 0 Å². The van der Waals surface area contributed by atoms with Gasteiger partial charge in [-0.25, -0.2) is 0 Å². The third kappa shape index (κ3) is 4.29. The lowest BCUT2D eigenvalue weighted by Gasteiger charge is -2.23. The zero-order chi connectivity index (χ0) is 37.1. The van der Waals surface area contributed by atoms with Crippen LogP contribution in [0.1, 0.15) is 25.0 Å². The van der Waals surface area contributed by atoms with Crippen LogP contribution in [0.4, 0.5) is 0 Å². The lowest BCUT2D eigenvalue weighted by atomic mass is 9.81. The Labute approximate surface area is 329 Å². The van der Waals surface area contributed by atoms with Gasteiger partial charge in [-0.05, 0) is 111 Å². The molecule has 0 atom stereocenters. The van der Waals surface area contributed by atoms with E-state index in [0.717, 1.165) is 0 Å². The molecule has 1 heterocycles. The fraction of sp³-hybridized carbons (Fsp3) is 0.0545. The lowest BCUT2D eigenvalue weighted by molar-refractivity contribution is 0.667. The second-order valence-electron chi connectivity index (χ2n) is 15.9. The molecular formula is C55H36S. The molecule has 0 unspecified atom stereocenters. The van der Waals surface area contributed by atoms with Crippen LogP contribution in [0.3, 0.4) is 0 Å². The Hall–Kier alpha value is -6.54. The van der Waals surface area contributed by atoms with E-state index in [1.807, 2.05) is 11.3 Å². The monoisotopic (exact) mass is 728 g/mol. The molecule has 10 aromatic carbocycles. The highest BCUT2D eigenvalue weighted by Gasteiger charge is 2.39. The highest BCUT2D eigenvalue weighted by molar-refractivity contribution is 7.26. The molecule has 0 nitrogen and oxygen atoms in total. The second-order valence-corrected chi connectivity index (χ2v) is 16.9. The molecule has 0 aliphatic heterocycles. The summed E-state index contributed by atoms with van der Waals surface area (Å²) in [6.45, 7) is 4.86. The number of thiophene rings is 1. The molecule has 0 saturated heterocycles. The molecule has 0 saturated carbocycles. The Morgan fingerprint density at radius 2 is 0.857 bits per heavy atom. The molecule has 12 rings (SSSR count). The van der Waals surface area contributed by atoms with Crippen molar-refractivity contribution in [2.45, 2.75) is 19.3 Å². The summed E-state index contributed by atoms with van der Waals surface area (Å²) < 4.78 is 2.78. The Kier molecular flexibility index (Phi) is 6.66. The predicted octanol–water partition coefficient (Wildman–Crippen LogP) is 16.0. The molecule has 1 aliphatic carbocycles. The van der Waals surface area contributed by atoms with Crippen molar-refractivity contribution >= 4 is 74.6 Å². The van der Waals surface area contributed by atoms with Crippen molar-refractivity contribution in [3.05, 3.63) is 193 Å². The molecule has 0 spiro atoms. The number of fused-ring (bicyclic) bond motifs is 13. The van der Waals surface area contributed by atoms with Crippen LogP contribution in [0, 0.1) is 0 Å². The maximum atomic E-state index is 2.50. The van der Waals surface area contributed by atoms with Gasteiger partial charge >= 0.3 is 0 Å². The summed E-state index contributed by atoms with van der Waals surface area (Å²) in [4.78, 5) is 0. The number of hydrogen-bond donors (Lipinski definition) is 0. The van der Waals surface area contributed by atoms with Crippen molar-refractivity contribution in [3.63, 3.8) is 0 Å². The summed E-state index contributed by atoms with van der Waals surface area (Å²) >= 11 is 1.96. The van der Waals surface area contributed by atoms with Gasteiger partial charge in [0, 0.05) is 25.6 Å². The summed E-state index contributed by atoms with van der Waals surface area (Å²) in [5.74, 6) is 0. The molecule has 0 fully saturated rings. The maximum Gasteiger partial charge on any atom is 0.0408 e. The first kappa shape index (κ1) is 31.8. The molecular weight excluding hydrogens is 693 g/mol. The first-order valence-electron chi connectivity index (χ1n) is 19.6. The molecule has 1 aliphatic rings. The minimum absolute atomic E-state index is 0.133. The molecule has 56 heavy (non-hydrogen) atoms. The Balaban J connectivity index is 1.11. The van der Waals surface area contributed by atoms with Gasteiger partial charge < -0.3 is 0 Å². The minimum Gasteiger partial charge on any atom is -0.135 e. The highest BCUT2D eigenvalue weighted by Crippen LogP contribution is 2.58. The van der Waals surface area contributed by atoms with E-state index >= 15 is 0 Å². The Morgan fingerprint density at radius 3 is 1.52 bits per heavy atom. The standard InChI is InChI=1S/C55H36S/c1-55(2)47-31-28-34(32-46(47)51-42-24-12-13-25-43(42)52-45-26-14-15-27-48(45)56-54(52)53(51)55)35-29-30-44(37-19-7-6-18-36(35)37)50-40-22-10-8-20-38(40)49(33-16-4-3-5-17-33)39-21-9-11-23-41(39)50/h3-32H,1-2H3. The van der Waals surface area contributed by atoms with Gasteiger partial charge in [0.15, 0.2) is 0 Å². The molecule has 11 aromatic rings. The van der Waals surface area contributed by atoms with E-state index in [2.05, 4.69) is 196 Å². The Morgan fingerprint density at radius 1 is 0.357 bits per heavy atom. The van der Waals surface area contributed by atoms with Crippen LogP contribution in [0.2, 0.25) is 0 Å². The first-order chi connectivity index (χ1) is 27.6. The van der Waals surface area contributed by atoms with Crippen LogP contribution in [0.15, 0.2) is 182 Å². The normalized spacial score (nSPS) is 13.3. The molecule has 262 valence electrons. The SMILES string of the molecule is CC1(C)c2ccc(-c3ccc(-c4c5ccccc5c(-c5ccccc5)c5ccccc45)c4ccccc34)cc2-c2c1c1sc3ccccc3c1c1ccccc21. The quantitative estimate of drug-likeness (QED) is 0.159. The smallest absolute Gasteiger partial charge is 0.0408 e. The van der Waals surface area contributed by atoms with Gasteiger partial charge in [0.1, 0.15) is 0 Å². The van der Waals surface area contributed by atoms with Gasteiger partial charge in [-0.1, -0.05) is 184 Å². The summed E-state index contributed by atoms with van der Waals surface area (Å²) in [5, 5.41) is 13.1. The molecule has 1 aromatic heterocycles. The van der Waals surface area contributed by atoms with Crippen molar-refractivity contribution in [2.75, 3.05) is 0 Å². The van der Waals surface area contributed by atoms with Crippen molar-refractivity contribution in [1.29, 1.82) is 0 Å². The first-order valence-corrected chi connectivity index (χ1v) is 20.4. The average molecular weight is 729 g/mol. The Bertz CT molecular complexity index is 3380. The zero-order valence-corrected chi connectivity index (χ0v) is 32.0. The molecule has 0 bridgehead atoms. The fourth-order valence-electron chi connectivity index (χ4n) is 10.2. The average Bonchev–Trinajstić information content (AvgIpc) is 3.75. The molecule has 0 amide bonds. The van der Waals surface area contributed by atoms with Crippen LogP contribution in [-0.4, -0.2) is 0 Å². The van der Waals surface area contributed by atoms with Gasteiger partial charge in [-0.15, -0.1) is 11.3 Å². The van der Waals surface area contributed by atoms with Gasteiger partial charge in [0.05, 0.1) is 0 Å². The summed E-state index contributed by atoms with van der Waals surface area (Å²) in [5.41, 5.74) is 13.1. The summed E-state index contributed by atoms with van der Waals surface area (Å²) in [7, 11) is 0. The third-order valence-electron chi connectivity index (χ3n) is 12.6. The summed E-state index contributed by atoms with van der Waals surface area (Å²) in [6, 6.07) is 67.9. The topological polar surface area (TPSA) is 0 Å². The molecule has 0 radical (unpaired) electrons. The van der Waals surface area contributed by atoms with E-state index in [1.54, 1.807) is 0 Å². The van der Waals surface area contributed by atoms with E-state index in [0.29, 0.717) is 0 Å². The minimum atomic E-state index is -0.133. The van der Waals surface area contributed by atoms with Crippen LogP contribution in [-0.2, 0) is 5.41 Å². The third-order valence-corrected chi connectivity index (χ3v) is 13.8. The lowest BCUT2D eigenvalue weighted by Crippen LogP contribution is -2.15. The van der Waals surface area contributed by atoms with Crippen LogP contribution in [0.25, 0.3) is 108 Å². The largest absolute Gasteiger partial charge is 0.135 e. The maximum absolute atomic E-state index is 2.50. The van der Waals surface area contributed by atoms with E-state index in [4.69, 9.17) is 0 Å². The number of benzene rings is 10. The van der Waals surface area contributed by atoms with E-state index in [1.165, 1.54) is 119 Å². The zero-order valence-electron chi connectivity index (χ0n) is 31.2. The fourth-order valence-corrected chi connectivity index (χ4v) is 11.7. The van der Waals surface area contributed by atoms with Gasteiger partial charge in [-0.3, -0.25) is 0 Å². The molecule has 0 N–H and O–H groups in total. The predicted molar refractivity (Wildman–Crippen MR) is 243 cm³/mol. The van der Waals surface area contributed by atoms with Crippen molar-refractivity contribution in [2.24, 2.45) is 0 Å². The number of hydrogen-bond acceptors (Lipinski definition) is 1. The van der Waals surface area contributed by atoms with Crippen LogP contribution in [0.5, 0.6) is 0 Å². The van der Waals surface area contributed by atoms with Crippen molar-refractivity contribution in [1.82, 2.24) is 0 Å². The van der Waals surface area contributed by atoms with Crippen molar-refractivity contribution < 1.29 is 0 Å². The van der Waals surface area contributed by atoms with E-state index in [-0.39, 0.29) is 5.41 Å². The van der Waals surface area contributed by atoms with Gasteiger partial charge in [-0.2, -0.15) is 0 Å². The second kappa shape index (κ2) is 11.7. The van der Waals surface area contributed by atoms with Crippen molar-refractivity contribution in [3.8, 4) is 44.5 Å². The molecule has 1 heteroatoms. The van der Waals surface area contributed by atoms with Gasteiger partial charge in [0.25, 0.3) is 0 Å². The van der Waals surface area contributed by atoms with Gasteiger partial charge in [0.2, 0.25) is 0 Å². The van der Waals surface area contributed by atoms with E-state index < -0.39 is 0 Å². The highest BCUT2D eigenvalue weighted by atomic mass is 32.1. The van der Waals surface area contributed by atoms with E-state index in [9.17, 15) is 0 Å². The number of rotatable bonds is 3. The summed E-state index contributed by atoms with van der Waals surface area (Å²) in [6.07, 6.45) is 0. The van der Waals surface area contributed by atoms with Crippen LogP contribution >= 0.6 is 11.3 Å².